The van der Waals surface area contributed by atoms with E-state index in [1.54, 1.807) is 23.7 Å². The minimum atomic E-state index is -0.843. The summed E-state index contributed by atoms with van der Waals surface area (Å²) < 4.78 is 5.80. The van der Waals surface area contributed by atoms with E-state index in [-0.39, 0.29) is 6.54 Å². The zero-order valence-electron chi connectivity index (χ0n) is 12.7. The highest BCUT2D eigenvalue weighted by Gasteiger charge is 2.08. The van der Waals surface area contributed by atoms with Crippen molar-refractivity contribution in [1.29, 1.82) is 0 Å². The number of para-hydroxylation sites is 1. The predicted molar refractivity (Wildman–Crippen MR) is 92.6 cm³/mol. The van der Waals surface area contributed by atoms with Crippen molar-refractivity contribution in [2.75, 3.05) is 26.7 Å². The van der Waals surface area contributed by atoms with Gasteiger partial charge in [-0.1, -0.05) is 41.6 Å². The van der Waals surface area contributed by atoms with Gasteiger partial charge in [0, 0.05) is 16.5 Å². The lowest BCUT2D eigenvalue weighted by molar-refractivity contribution is -0.138. The third-order valence-corrected chi connectivity index (χ3v) is 4.29. The number of hydrogen-bond acceptors (Lipinski definition) is 4. The lowest BCUT2D eigenvalue weighted by Gasteiger charge is -2.16. The molecule has 0 bridgehead atoms. The van der Waals surface area contributed by atoms with Gasteiger partial charge < -0.3 is 9.84 Å². The van der Waals surface area contributed by atoms with Crippen LogP contribution in [0.1, 0.15) is 0 Å². The van der Waals surface area contributed by atoms with Gasteiger partial charge in [0.2, 0.25) is 0 Å². The summed E-state index contributed by atoms with van der Waals surface area (Å²) in [7, 11) is 1.75. The number of carboxylic acid groups (broad SMARTS) is 1. The predicted octanol–water partition coefficient (Wildman–Crippen LogP) is 3.89. The Bertz CT molecular complexity index is 666. The average molecular weight is 352 g/mol. The molecule has 0 aliphatic carbocycles. The zero-order chi connectivity index (χ0) is 16.7. The van der Waals surface area contributed by atoms with Crippen molar-refractivity contribution in [3.05, 3.63) is 53.6 Å². The second kappa shape index (κ2) is 8.82. The first-order valence-electron chi connectivity index (χ1n) is 7.10. The van der Waals surface area contributed by atoms with E-state index < -0.39 is 5.97 Å². The van der Waals surface area contributed by atoms with Crippen LogP contribution in [0.3, 0.4) is 0 Å². The maximum absolute atomic E-state index is 10.6. The highest BCUT2D eigenvalue weighted by atomic mass is 35.5. The van der Waals surface area contributed by atoms with Gasteiger partial charge in [-0.25, -0.2) is 0 Å². The molecule has 1 N–H and O–H groups in total. The lowest BCUT2D eigenvalue weighted by atomic mass is 10.3. The maximum atomic E-state index is 10.6. The van der Waals surface area contributed by atoms with Crippen LogP contribution in [0.5, 0.6) is 5.75 Å². The minimum Gasteiger partial charge on any atom is -0.491 e. The fraction of sp³-hybridized carbons (Fsp3) is 0.235. The highest BCUT2D eigenvalue weighted by Crippen LogP contribution is 2.35. The molecule has 4 nitrogen and oxygen atoms in total. The van der Waals surface area contributed by atoms with Crippen molar-refractivity contribution in [2.45, 2.75) is 9.79 Å². The van der Waals surface area contributed by atoms with Gasteiger partial charge in [0.25, 0.3) is 0 Å². The molecule has 0 heterocycles. The molecular formula is C17H18ClNO3S. The lowest BCUT2D eigenvalue weighted by Crippen LogP contribution is -2.29. The van der Waals surface area contributed by atoms with Crippen LogP contribution < -0.4 is 4.74 Å². The number of ether oxygens (including phenoxy) is 1. The molecule has 0 amide bonds. The van der Waals surface area contributed by atoms with Gasteiger partial charge in [0.1, 0.15) is 12.4 Å². The summed E-state index contributed by atoms with van der Waals surface area (Å²) in [6, 6.07) is 15.4. The van der Waals surface area contributed by atoms with Gasteiger partial charge in [-0.05, 0) is 37.4 Å². The Hall–Kier alpha value is -1.69. The summed E-state index contributed by atoms with van der Waals surface area (Å²) in [6.45, 7) is 0.974. The van der Waals surface area contributed by atoms with E-state index in [4.69, 9.17) is 21.4 Å². The second-order valence-corrected chi connectivity index (χ2v) is 6.54. The second-order valence-electron chi connectivity index (χ2n) is 4.99. The number of halogens is 1. The average Bonchev–Trinajstić information content (AvgIpc) is 2.48. The Kier molecular flexibility index (Phi) is 6.77. The van der Waals surface area contributed by atoms with Gasteiger partial charge >= 0.3 is 5.97 Å². The normalized spacial score (nSPS) is 10.7. The molecule has 122 valence electrons. The largest absolute Gasteiger partial charge is 0.491 e. The van der Waals surface area contributed by atoms with E-state index in [9.17, 15) is 4.79 Å². The number of benzene rings is 2. The van der Waals surface area contributed by atoms with Crippen molar-refractivity contribution < 1.29 is 14.6 Å². The van der Waals surface area contributed by atoms with E-state index in [1.807, 2.05) is 48.5 Å². The number of aliphatic carboxylic acids is 1. The zero-order valence-corrected chi connectivity index (χ0v) is 14.3. The SMILES string of the molecule is CN(CCOc1ccccc1Sc1cccc(Cl)c1)CC(=O)O. The smallest absolute Gasteiger partial charge is 0.317 e. The maximum Gasteiger partial charge on any atom is 0.317 e. The quantitative estimate of drug-likeness (QED) is 0.782. The van der Waals surface area contributed by atoms with Gasteiger partial charge in [-0.2, -0.15) is 0 Å². The highest BCUT2D eigenvalue weighted by molar-refractivity contribution is 7.99. The molecule has 0 atom stereocenters. The number of likely N-dealkylation sites (N-methyl/N-ethyl adjacent to an activating group) is 1. The molecule has 0 radical (unpaired) electrons. The van der Waals surface area contributed by atoms with Crippen LogP contribution in [0.15, 0.2) is 58.3 Å². The molecule has 0 saturated carbocycles. The molecule has 6 heteroatoms. The van der Waals surface area contributed by atoms with Crippen LogP contribution in [-0.4, -0.2) is 42.7 Å². The summed E-state index contributed by atoms with van der Waals surface area (Å²) in [4.78, 5) is 14.4. The molecule has 2 aromatic rings. The Morgan fingerprint density at radius 3 is 2.78 bits per heavy atom. The van der Waals surface area contributed by atoms with E-state index in [1.165, 1.54) is 0 Å². The molecule has 0 aliphatic heterocycles. The molecule has 0 aromatic heterocycles. The van der Waals surface area contributed by atoms with E-state index in [2.05, 4.69) is 0 Å². The van der Waals surface area contributed by atoms with E-state index in [0.29, 0.717) is 18.2 Å². The van der Waals surface area contributed by atoms with Crippen LogP contribution in [0.4, 0.5) is 0 Å². The van der Waals surface area contributed by atoms with Crippen molar-refractivity contribution in [1.82, 2.24) is 4.90 Å². The van der Waals surface area contributed by atoms with Crippen LogP contribution in [0.25, 0.3) is 0 Å². The molecule has 0 aliphatic rings. The van der Waals surface area contributed by atoms with Crippen molar-refractivity contribution in [3.63, 3.8) is 0 Å². The Balaban J connectivity index is 1.96. The molecule has 23 heavy (non-hydrogen) atoms. The monoisotopic (exact) mass is 351 g/mol. The third kappa shape index (κ3) is 6.14. The van der Waals surface area contributed by atoms with Crippen LogP contribution in [-0.2, 0) is 4.79 Å². The molecule has 2 rings (SSSR count). The Labute approximate surface area is 145 Å². The number of hydrogen-bond donors (Lipinski definition) is 1. The number of carbonyl (C=O) groups is 1. The summed E-state index contributed by atoms with van der Waals surface area (Å²) >= 11 is 7.59. The number of rotatable bonds is 8. The summed E-state index contributed by atoms with van der Waals surface area (Å²) in [6.07, 6.45) is 0. The fourth-order valence-corrected chi connectivity index (χ4v) is 3.15. The molecule has 0 fully saturated rings. The van der Waals surface area contributed by atoms with E-state index >= 15 is 0 Å². The topological polar surface area (TPSA) is 49.8 Å². The number of nitrogens with zero attached hydrogens (tertiary/aromatic N) is 1. The molecule has 2 aromatic carbocycles. The molecule has 0 saturated heterocycles. The van der Waals surface area contributed by atoms with Gasteiger partial charge in [0.05, 0.1) is 11.4 Å². The minimum absolute atomic E-state index is 0.00225. The molecular weight excluding hydrogens is 334 g/mol. The number of carboxylic acids is 1. The Morgan fingerprint density at radius 1 is 1.26 bits per heavy atom. The van der Waals surface area contributed by atoms with Crippen molar-refractivity contribution in [2.24, 2.45) is 0 Å². The first kappa shape index (κ1) is 17.7. The van der Waals surface area contributed by atoms with Crippen LogP contribution in [0, 0.1) is 0 Å². The Morgan fingerprint density at radius 2 is 2.04 bits per heavy atom. The molecule has 0 unspecified atom stereocenters. The van der Waals surface area contributed by atoms with Gasteiger partial charge in [0.15, 0.2) is 0 Å². The first-order valence-corrected chi connectivity index (χ1v) is 8.29. The molecule has 0 spiro atoms. The third-order valence-electron chi connectivity index (χ3n) is 3.01. The van der Waals surface area contributed by atoms with Crippen molar-refractivity contribution in [3.8, 4) is 5.75 Å². The van der Waals surface area contributed by atoms with Crippen molar-refractivity contribution >= 4 is 29.3 Å². The standard InChI is InChI=1S/C17H18ClNO3S/c1-19(12-17(20)21)9-10-22-15-7-2-3-8-16(15)23-14-6-4-5-13(18)11-14/h2-8,11H,9-10,12H2,1H3,(H,20,21). The summed E-state index contributed by atoms with van der Waals surface area (Å²) in [5.74, 6) is -0.0642. The van der Waals surface area contributed by atoms with E-state index in [0.717, 1.165) is 15.5 Å². The van der Waals surface area contributed by atoms with Gasteiger partial charge in [-0.15, -0.1) is 0 Å². The summed E-state index contributed by atoms with van der Waals surface area (Å²) in [5, 5.41) is 9.43. The van der Waals surface area contributed by atoms with Crippen LogP contribution >= 0.6 is 23.4 Å². The van der Waals surface area contributed by atoms with Gasteiger partial charge in [-0.3, -0.25) is 9.69 Å². The van der Waals surface area contributed by atoms with Crippen LogP contribution in [0.2, 0.25) is 5.02 Å². The summed E-state index contributed by atoms with van der Waals surface area (Å²) in [5.41, 5.74) is 0. The fourth-order valence-electron chi connectivity index (χ4n) is 1.93. The first-order chi connectivity index (χ1) is 11.0.